The van der Waals surface area contributed by atoms with Gasteiger partial charge in [-0.15, -0.1) is 0 Å². The van der Waals surface area contributed by atoms with Crippen molar-refractivity contribution < 1.29 is 14.6 Å². The molecule has 174 valence electrons. The number of nitrogens with zero attached hydrogens (tertiary/aromatic N) is 1. The van der Waals surface area contributed by atoms with Crippen molar-refractivity contribution in [3.8, 4) is 27.4 Å². The molecule has 0 aliphatic carbocycles. The number of aromatic nitrogens is 1. The first-order valence-electron chi connectivity index (χ1n) is 11.4. The number of hydrogen-bond acceptors (Lipinski definition) is 4. The number of thiazole rings is 1. The molecule has 4 aromatic rings. The van der Waals surface area contributed by atoms with Crippen LogP contribution in [0.1, 0.15) is 24.8 Å². The van der Waals surface area contributed by atoms with E-state index in [2.05, 4.69) is 12.1 Å². The Morgan fingerprint density at radius 2 is 1.59 bits per heavy atom. The molecule has 0 unspecified atom stereocenters. The fourth-order valence-corrected chi connectivity index (χ4v) is 4.97. The zero-order chi connectivity index (χ0) is 23.8. The molecule has 3 aromatic carbocycles. The maximum atomic E-state index is 13.0. The fraction of sp³-hybridized carbons (Fsp3) is 0.214. The zero-order valence-electron chi connectivity index (χ0n) is 18.9. The average molecular weight is 474 g/mol. The normalized spacial score (nSPS) is 10.8. The maximum Gasteiger partial charge on any atom is 0.308 e. The fourth-order valence-electron chi connectivity index (χ4n) is 3.92. The first-order chi connectivity index (χ1) is 16.6. The van der Waals surface area contributed by atoms with Crippen molar-refractivity contribution >= 4 is 17.3 Å². The second-order valence-electron chi connectivity index (χ2n) is 8.03. The number of aryl methyl sites for hydroxylation is 1. The van der Waals surface area contributed by atoms with Crippen molar-refractivity contribution in [2.24, 2.45) is 0 Å². The summed E-state index contributed by atoms with van der Waals surface area (Å²) >= 11 is 1.30. The highest BCUT2D eigenvalue weighted by atomic mass is 32.1. The SMILES string of the molecule is O=C(O)CCCOc1cccc(CCCn2c(-c3ccccc3)c(-c3ccccc3)sc2=O)c1. The Bertz CT molecular complexity index is 1280. The third-order valence-electron chi connectivity index (χ3n) is 5.53. The number of ether oxygens (including phenoxy) is 1. The maximum absolute atomic E-state index is 13.0. The van der Waals surface area contributed by atoms with Gasteiger partial charge in [-0.1, -0.05) is 84.1 Å². The van der Waals surface area contributed by atoms with E-state index in [0.717, 1.165) is 45.9 Å². The van der Waals surface area contributed by atoms with Gasteiger partial charge in [-0.2, -0.15) is 0 Å². The van der Waals surface area contributed by atoms with Crippen molar-refractivity contribution in [2.45, 2.75) is 32.2 Å². The number of carboxylic acid groups (broad SMARTS) is 1. The van der Waals surface area contributed by atoms with Gasteiger partial charge in [-0.3, -0.25) is 14.2 Å². The van der Waals surface area contributed by atoms with Crippen molar-refractivity contribution in [1.29, 1.82) is 0 Å². The lowest BCUT2D eigenvalue weighted by Gasteiger charge is -2.11. The second kappa shape index (κ2) is 11.5. The molecule has 0 atom stereocenters. The number of carbonyl (C=O) groups is 1. The molecule has 1 aromatic heterocycles. The van der Waals surface area contributed by atoms with E-state index in [9.17, 15) is 9.59 Å². The number of carboxylic acids is 1. The van der Waals surface area contributed by atoms with Gasteiger partial charge in [0.25, 0.3) is 0 Å². The van der Waals surface area contributed by atoms with Crippen molar-refractivity contribution in [1.82, 2.24) is 4.57 Å². The monoisotopic (exact) mass is 473 g/mol. The molecule has 1 N–H and O–H groups in total. The lowest BCUT2D eigenvalue weighted by Crippen LogP contribution is -2.15. The predicted octanol–water partition coefficient (Wildman–Crippen LogP) is 6.12. The van der Waals surface area contributed by atoms with Gasteiger partial charge in [0.15, 0.2) is 0 Å². The molecule has 6 heteroatoms. The van der Waals surface area contributed by atoms with E-state index in [1.165, 1.54) is 11.3 Å². The molecule has 1 heterocycles. The highest BCUT2D eigenvalue weighted by Gasteiger charge is 2.17. The molecule has 0 aliphatic rings. The lowest BCUT2D eigenvalue weighted by atomic mass is 10.1. The van der Waals surface area contributed by atoms with Crippen LogP contribution >= 0.6 is 11.3 Å². The minimum absolute atomic E-state index is 0.0493. The summed E-state index contributed by atoms with van der Waals surface area (Å²) in [5.74, 6) is -0.0711. The van der Waals surface area contributed by atoms with Gasteiger partial charge in [0, 0.05) is 13.0 Å². The molecule has 0 radical (unpaired) electrons. The van der Waals surface area contributed by atoms with E-state index in [4.69, 9.17) is 9.84 Å². The Balaban J connectivity index is 1.49. The average Bonchev–Trinajstić information content (AvgIpc) is 3.19. The minimum Gasteiger partial charge on any atom is -0.494 e. The van der Waals surface area contributed by atoms with Gasteiger partial charge in [-0.05, 0) is 48.1 Å². The summed E-state index contributed by atoms with van der Waals surface area (Å²) in [7, 11) is 0. The molecule has 0 fully saturated rings. The third-order valence-corrected chi connectivity index (χ3v) is 6.56. The first kappa shape index (κ1) is 23.5. The van der Waals surface area contributed by atoms with Crippen LogP contribution in [0.4, 0.5) is 0 Å². The number of benzene rings is 3. The van der Waals surface area contributed by atoms with Gasteiger partial charge in [0.1, 0.15) is 5.75 Å². The largest absolute Gasteiger partial charge is 0.494 e. The molecule has 0 bridgehead atoms. The quantitative estimate of drug-likeness (QED) is 0.267. The number of rotatable bonds is 11. The van der Waals surface area contributed by atoms with Crippen LogP contribution in [0.2, 0.25) is 0 Å². The summed E-state index contributed by atoms with van der Waals surface area (Å²) in [6.45, 7) is 0.999. The summed E-state index contributed by atoms with van der Waals surface area (Å²) in [6, 6.07) is 28.0. The van der Waals surface area contributed by atoms with Crippen LogP contribution in [0.5, 0.6) is 5.75 Å². The molecule has 5 nitrogen and oxygen atoms in total. The molecular formula is C28H27NO4S. The Labute approximate surface area is 202 Å². The Morgan fingerprint density at radius 1 is 0.882 bits per heavy atom. The van der Waals surface area contributed by atoms with E-state index < -0.39 is 5.97 Å². The summed E-state index contributed by atoms with van der Waals surface area (Å²) in [5.41, 5.74) is 4.19. The van der Waals surface area contributed by atoms with E-state index in [1.54, 1.807) is 0 Å². The van der Waals surface area contributed by atoms with E-state index in [-0.39, 0.29) is 11.3 Å². The molecular weight excluding hydrogens is 446 g/mol. The Hall–Kier alpha value is -3.64. The summed E-state index contributed by atoms with van der Waals surface area (Å²) in [4.78, 5) is 24.7. The van der Waals surface area contributed by atoms with Crippen molar-refractivity contribution in [2.75, 3.05) is 6.61 Å². The molecule has 4 rings (SSSR count). The van der Waals surface area contributed by atoms with Crippen LogP contribution in [-0.4, -0.2) is 22.2 Å². The molecule has 34 heavy (non-hydrogen) atoms. The zero-order valence-corrected chi connectivity index (χ0v) is 19.7. The number of hydrogen-bond donors (Lipinski definition) is 1. The summed E-state index contributed by atoms with van der Waals surface area (Å²) < 4.78 is 7.59. The Morgan fingerprint density at radius 3 is 2.29 bits per heavy atom. The smallest absolute Gasteiger partial charge is 0.308 e. The van der Waals surface area contributed by atoms with Crippen LogP contribution in [-0.2, 0) is 17.8 Å². The van der Waals surface area contributed by atoms with Crippen LogP contribution in [0, 0.1) is 0 Å². The van der Waals surface area contributed by atoms with Crippen LogP contribution in [0.15, 0.2) is 89.7 Å². The van der Waals surface area contributed by atoms with Crippen molar-refractivity contribution in [3.05, 3.63) is 100 Å². The molecule has 0 saturated carbocycles. The van der Waals surface area contributed by atoms with Gasteiger partial charge >= 0.3 is 10.8 Å². The van der Waals surface area contributed by atoms with Gasteiger partial charge in [0.2, 0.25) is 0 Å². The van der Waals surface area contributed by atoms with E-state index in [0.29, 0.717) is 19.6 Å². The highest BCUT2D eigenvalue weighted by Crippen LogP contribution is 2.34. The molecule has 0 saturated heterocycles. The van der Waals surface area contributed by atoms with E-state index in [1.807, 2.05) is 77.4 Å². The Kier molecular flexibility index (Phi) is 7.94. The van der Waals surface area contributed by atoms with Gasteiger partial charge in [0.05, 0.1) is 17.2 Å². The van der Waals surface area contributed by atoms with Gasteiger partial charge in [-0.25, -0.2) is 0 Å². The van der Waals surface area contributed by atoms with Crippen LogP contribution < -0.4 is 9.61 Å². The summed E-state index contributed by atoms with van der Waals surface area (Å²) in [6.07, 6.45) is 2.20. The van der Waals surface area contributed by atoms with Gasteiger partial charge < -0.3 is 9.84 Å². The minimum atomic E-state index is -0.814. The highest BCUT2D eigenvalue weighted by molar-refractivity contribution is 7.13. The molecule has 0 amide bonds. The third kappa shape index (κ3) is 6.02. The van der Waals surface area contributed by atoms with Crippen LogP contribution in [0.3, 0.4) is 0 Å². The van der Waals surface area contributed by atoms with Crippen LogP contribution in [0.25, 0.3) is 21.7 Å². The predicted molar refractivity (Wildman–Crippen MR) is 137 cm³/mol. The summed E-state index contributed by atoms with van der Waals surface area (Å²) in [5, 5.41) is 8.74. The lowest BCUT2D eigenvalue weighted by molar-refractivity contribution is -0.137. The topological polar surface area (TPSA) is 68.5 Å². The second-order valence-corrected chi connectivity index (χ2v) is 8.99. The van der Waals surface area contributed by atoms with Crippen molar-refractivity contribution in [3.63, 3.8) is 0 Å². The number of aliphatic carboxylic acids is 1. The van der Waals surface area contributed by atoms with E-state index >= 15 is 0 Å². The first-order valence-corrected chi connectivity index (χ1v) is 12.2. The standard InChI is InChI=1S/C28H27NO4S/c30-25(31)17-9-19-33-24-16-7-10-21(20-24)11-8-18-29-26(22-12-3-1-4-13-22)27(34-28(29)32)23-14-5-2-6-15-23/h1-7,10,12-16,20H,8-9,11,17-19H2,(H,30,31). The molecule has 0 aliphatic heterocycles. The molecule has 0 spiro atoms.